The van der Waals surface area contributed by atoms with Crippen LogP contribution in [0.1, 0.15) is 44.5 Å². The van der Waals surface area contributed by atoms with Crippen molar-refractivity contribution in [2.45, 2.75) is 53.1 Å². The van der Waals surface area contributed by atoms with Crippen molar-refractivity contribution in [1.82, 2.24) is 14.7 Å². The number of aliphatic carboxylic acids is 1. The molecule has 0 amide bonds. The van der Waals surface area contributed by atoms with E-state index < -0.39 is 11.4 Å². The van der Waals surface area contributed by atoms with Crippen molar-refractivity contribution in [3.8, 4) is 0 Å². The Morgan fingerprint density at radius 1 is 1.50 bits per heavy atom. The van der Waals surface area contributed by atoms with Crippen LogP contribution in [0.25, 0.3) is 0 Å². The summed E-state index contributed by atoms with van der Waals surface area (Å²) in [6, 6.07) is 2.10. The third-order valence-corrected chi connectivity index (χ3v) is 4.29. The van der Waals surface area contributed by atoms with Crippen LogP contribution in [0.2, 0.25) is 0 Å². The minimum atomic E-state index is -0.637. The van der Waals surface area contributed by atoms with E-state index in [0.717, 1.165) is 44.6 Å². The summed E-state index contributed by atoms with van der Waals surface area (Å²) in [4.78, 5) is 13.9. The summed E-state index contributed by atoms with van der Waals surface area (Å²) in [5, 5.41) is 14.0. The number of carboxylic acids is 1. The van der Waals surface area contributed by atoms with Crippen molar-refractivity contribution in [1.29, 1.82) is 0 Å². The van der Waals surface area contributed by atoms with E-state index in [4.69, 9.17) is 0 Å². The molecule has 0 spiro atoms. The molecule has 1 atom stereocenters. The number of hydrogen-bond donors (Lipinski definition) is 1. The van der Waals surface area contributed by atoms with Gasteiger partial charge in [-0.05, 0) is 39.3 Å². The predicted molar refractivity (Wildman–Crippen MR) is 77.5 cm³/mol. The molecule has 1 aromatic heterocycles. The summed E-state index contributed by atoms with van der Waals surface area (Å²) >= 11 is 0. The number of aromatic nitrogens is 2. The highest BCUT2D eigenvalue weighted by molar-refractivity contribution is 5.75. The maximum absolute atomic E-state index is 11.6. The number of rotatable bonds is 6. The molecule has 1 saturated heterocycles. The molecule has 1 fully saturated rings. The molecule has 1 N–H and O–H groups in total. The van der Waals surface area contributed by atoms with Crippen molar-refractivity contribution in [2.75, 3.05) is 13.1 Å². The van der Waals surface area contributed by atoms with Crippen LogP contribution in [-0.2, 0) is 17.9 Å². The molecule has 0 bridgehead atoms. The van der Waals surface area contributed by atoms with E-state index in [0.29, 0.717) is 6.54 Å². The molecule has 112 valence electrons. The van der Waals surface area contributed by atoms with Gasteiger partial charge in [0.15, 0.2) is 0 Å². The molecule has 1 unspecified atom stereocenters. The van der Waals surface area contributed by atoms with E-state index in [1.54, 1.807) is 0 Å². The Kier molecular flexibility index (Phi) is 4.48. The van der Waals surface area contributed by atoms with Gasteiger partial charge in [-0.2, -0.15) is 5.10 Å². The summed E-state index contributed by atoms with van der Waals surface area (Å²) in [5.41, 5.74) is 1.67. The van der Waals surface area contributed by atoms with Crippen molar-refractivity contribution >= 4 is 5.97 Å². The molecule has 2 heterocycles. The lowest BCUT2D eigenvalue weighted by atomic mass is 9.83. The van der Waals surface area contributed by atoms with Crippen LogP contribution in [0.15, 0.2) is 6.07 Å². The lowest BCUT2D eigenvalue weighted by Crippen LogP contribution is -2.34. The smallest absolute Gasteiger partial charge is 0.310 e. The molecule has 1 aliphatic heterocycles. The Hall–Kier alpha value is -1.36. The lowest BCUT2D eigenvalue weighted by molar-refractivity contribution is -0.148. The largest absolute Gasteiger partial charge is 0.481 e. The predicted octanol–water partition coefficient (Wildman–Crippen LogP) is 2.29. The van der Waals surface area contributed by atoms with Gasteiger partial charge in [0.05, 0.1) is 16.8 Å². The Balaban J connectivity index is 2.07. The number of carbonyl (C=O) groups is 1. The second-order valence-electron chi connectivity index (χ2n) is 5.89. The first kappa shape index (κ1) is 15.0. The number of likely N-dealkylation sites (tertiary alicyclic amines) is 1. The Labute approximate surface area is 120 Å². The average molecular weight is 279 g/mol. The fourth-order valence-electron chi connectivity index (χ4n) is 3.29. The first-order valence-corrected chi connectivity index (χ1v) is 7.50. The van der Waals surface area contributed by atoms with Crippen LogP contribution in [0.3, 0.4) is 0 Å². The monoisotopic (exact) mass is 279 g/mol. The minimum absolute atomic E-state index is 0.541. The third kappa shape index (κ3) is 2.87. The second kappa shape index (κ2) is 5.95. The first-order chi connectivity index (χ1) is 9.50. The van der Waals surface area contributed by atoms with E-state index in [2.05, 4.69) is 29.9 Å². The third-order valence-electron chi connectivity index (χ3n) is 4.29. The molecule has 0 radical (unpaired) electrons. The highest BCUT2D eigenvalue weighted by Gasteiger charge is 2.43. The van der Waals surface area contributed by atoms with E-state index in [9.17, 15) is 9.90 Å². The molecule has 2 rings (SSSR count). The summed E-state index contributed by atoms with van der Waals surface area (Å²) in [6.07, 6.45) is 2.45. The SMILES string of the molecule is CCCC1(C(=O)O)CCN(Cc2cc(C)nn2CC)C1. The van der Waals surface area contributed by atoms with Crippen molar-refractivity contribution in [3.05, 3.63) is 17.5 Å². The number of nitrogens with zero attached hydrogens (tertiary/aromatic N) is 3. The van der Waals surface area contributed by atoms with Crippen LogP contribution < -0.4 is 0 Å². The molecular formula is C15H25N3O2. The molecule has 0 saturated carbocycles. The van der Waals surface area contributed by atoms with Gasteiger partial charge < -0.3 is 5.11 Å². The minimum Gasteiger partial charge on any atom is -0.481 e. The molecule has 0 aliphatic carbocycles. The van der Waals surface area contributed by atoms with Gasteiger partial charge in [-0.1, -0.05) is 13.3 Å². The second-order valence-corrected chi connectivity index (χ2v) is 5.89. The van der Waals surface area contributed by atoms with Crippen molar-refractivity contribution < 1.29 is 9.90 Å². The zero-order valence-corrected chi connectivity index (χ0v) is 12.7. The topological polar surface area (TPSA) is 58.4 Å². The molecule has 1 aromatic rings. The maximum Gasteiger partial charge on any atom is 0.310 e. The maximum atomic E-state index is 11.6. The van der Waals surface area contributed by atoms with Gasteiger partial charge in [0.25, 0.3) is 0 Å². The highest BCUT2D eigenvalue weighted by atomic mass is 16.4. The van der Waals surface area contributed by atoms with Gasteiger partial charge in [-0.15, -0.1) is 0 Å². The van der Waals surface area contributed by atoms with Gasteiger partial charge in [-0.25, -0.2) is 0 Å². The molecule has 5 nitrogen and oxygen atoms in total. The number of hydrogen-bond acceptors (Lipinski definition) is 3. The van der Waals surface area contributed by atoms with E-state index in [1.165, 1.54) is 5.69 Å². The fraction of sp³-hybridized carbons (Fsp3) is 0.733. The van der Waals surface area contributed by atoms with Crippen molar-refractivity contribution in [3.63, 3.8) is 0 Å². The number of carboxylic acid groups (broad SMARTS) is 1. The van der Waals surface area contributed by atoms with Crippen LogP contribution in [0.4, 0.5) is 0 Å². The summed E-state index contributed by atoms with van der Waals surface area (Å²) in [5.74, 6) is -0.637. The average Bonchev–Trinajstić information content (AvgIpc) is 2.95. The van der Waals surface area contributed by atoms with E-state index >= 15 is 0 Å². The first-order valence-electron chi connectivity index (χ1n) is 7.50. The summed E-state index contributed by atoms with van der Waals surface area (Å²) in [6.45, 7) is 9.31. The fourth-order valence-corrected chi connectivity index (χ4v) is 3.29. The van der Waals surface area contributed by atoms with Crippen LogP contribution in [0.5, 0.6) is 0 Å². The molecule has 20 heavy (non-hydrogen) atoms. The standard InChI is InChI=1S/C15H25N3O2/c1-4-6-15(14(19)20)7-8-17(11-15)10-13-9-12(3)16-18(13)5-2/h9H,4-8,10-11H2,1-3H3,(H,19,20). The zero-order valence-electron chi connectivity index (χ0n) is 12.7. The number of aryl methyl sites for hydroxylation is 2. The zero-order chi connectivity index (χ0) is 14.8. The van der Waals surface area contributed by atoms with Gasteiger partial charge in [0.2, 0.25) is 0 Å². The highest BCUT2D eigenvalue weighted by Crippen LogP contribution is 2.36. The van der Waals surface area contributed by atoms with Crippen molar-refractivity contribution in [2.24, 2.45) is 5.41 Å². The molecule has 5 heteroatoms. The molecular weight excluding hydrogens is 254 g/mol. The Bertz CT molecular complexity index is 483. The van der Waals surface area contributed by atoms with Crippen LogP contribution >= 0.6 is 0 Å². The van der Waals surface area contributed by atoms with E-state index in [1.807, 2.05) is 11.6 Å². The summed E-state index contributed by atoms with van der Waals surface area (Å²) < 4.78 is 2.01. The normalized spacial score (nSPS) is 23.4. The lowest BCUT2D eigenvalue weighted by Gasteiger charge is -2.24. The Morgan fingerprint density at radius 3 is 2.85 bits per heavy atom. The van der Waals surface area contributed by atoms with Crippen LogP contribution in [0, 0.1) is 12.3 Å². The molecule has 0 aromatic carbocycles. The molecule has 1 aliphatic rings. The van der Waals surface area contributed by atoms with Gasteiger partial charge in [-0.3, -0.25) is 14.4 Å². The Morgan fingerprint density at radius 2 is 2.25 bits per heavy atom. The quantitative estimate of drug-likeness (QED) is 0.868. The van der Waals surface area contributed by atoms with Gasteiger partial charge in [0, 0.05) is 19.6 Å². The summed E-state index contributed by atoms with van der Waals surface area (Å²) in [7, 11) is 0. The van der Waals surface area contributed by atoms with Gasteiger partial charge in [0.1, 0.15) is 0 Å². The van der Waals surface area contributed by atoms with E-state index in [-0.39, 0.29) is 0 Å². The van der Waals surface area contributed by atoms with Gasteiger partial charge >= 0.3 is 5.97 Å². The van der Waals surface area contributed by atoms with Crippen LogP contribution in [-0.4, -0.2) is 38.8 Å².